The molecule has 2 fully saturated rings. The standard InChI is InChI=1S/C19H31NO/c1-4-9-20(19(21)15-6-7-15)12-16-11-18(16)17-8-5-13(2)10-14(17)3/h5,14-18H,4,6-12H2,1-3H3. The van der Waals surface area contributed by atoms with E-state index in [1.54, 1.807) is 5.57 Å². The molecule has 2 saturated carbocycles. The van der Waals surface area contributed by atoms with Crippen molar-refractivity contribution < 1.29 is 4.79 Å². The van der Waals surface area contributed by atoms with E-state index < -0.39 is 0 Å². The molecule has 0 aromatic rings. The van der Waals surface area contributed by atoms with Crippen LogP contribution in [0.2, 0.25) is 0 Å². The third-order valence-electron chi connectivity index (χ3n) is 5.83. The Kier molecular flexibility index (Phi) is 4.42. The molecule has 1 amide bonds. The average Bonchev–Trinajstić information content (AvgIpc) is 3.32. The first-order valence-electron chi connectivity index (χ1n) is 9.04. The Morgan fingerprint density at radius 2 is 2.10 bits per heavy atom. The highest BCUT2D eigenvalue weighted by atomic mass is 16.2. The molecule has 0 heterocycles. The van der Waals surface area contributed by atoms with Crippen molar-refractivity contribution in [3.63, 3.8) is 0 Å². The van der Waals surface area contributed by atoms with Crippen LogP contribution in [0.1, 0.15) is 59.3 Å². The Bertz CT molecular complexity index is 423. The molecule has 2 heteroatoms. The van der Waals surface area contributed by atoms with Gasteiger partial charge in [0.15, 0.2) is 0 Å². The fourth-order valence-corrected chi connectivity index (χ4v) is 4.35. The van der Waals surface area contributed by atoms with Crippen molar-refractivity contribution in [2.24, 2.45) is 29.6 Å². The second-order valence-electron chi connectivity index (χ2n) is 7.85. The highest BCUT2D eigenvalue weighted by molar-refractivity contribution is 5.81. The Morgan fingerprint density at radius 1 is 1.33 bits per heavy atom. The van der Waals surface area contributed by atoms with Gasteiger partial charge in [0.2, 0.25) is 5.91 Å². The van der Waals surface area contributed by atoms with Crippen LogP contribution in [-0.4, -0.2) is 23.9 Å². The number of carbonyl (C=O) groups excluding carboxylic acids is 1. The summed E-state index contributed by atoms with van der Waals surface area (Å²) in [5.41, 5.74) is 1.58. The molecule has 4 unspecified atom stereocenters. The van der Waals surface area contributed by atoms with E-state index in [0.29, 0.717) is 11.8 Å². The molecule has 0 N–H and O–H groups in total. The van der Waals surface area contributed by atoms with Gasteiger partial charge in [-0.05, 0) is 69.1 Å². The van der Waals surface area contributed by atoms with Gasteiger partial charge in [0.05, 0.1) is 0 Å². The first kappa shape index (κ1) is 15.1. The number of hydrogen-bond donors (Lipinski definition) is 0. The Morgan fingerprint density at radius 3 is 2.71 bits per heavy atom. The molecule has 0 radical (unpaired) electrons. The molecular formula is C19H31NO. The van der Waals surface area contributed by atoms with Crippen LogP contribution in [0.5, 0.6) is 0 Å². The summed E-state index contributed by atoms with van der Waals surface area (Å²) >= 11 is 0. The van der Waals surface area contributed by atoms with Crippen molar-refractivity contribution in [1.82, 2.24) is 4.90 Å². The number of nitrogens with zero attached hydrogens (tertiary/aromatic N) is 1. The predicted octanol–water partition coefficient (Wildman–Crippen LogP) is 4.26. The molecule has 3 aliphatic rings. The molecule has 3 aliphatic carbocycles. The lowest BCUT2D eigenvalue weighted by atomic mass is 9.78. The summed E-state index contributed by atoms with van der Waals surface area (Å²) in [5, 5.41) is 0. The van der Waals surface area contributed by atoms with Crippen LogP contribution < -0.4 is 0 Å². The fourth-order valence-electron chi connectivity index (χ4n) is 4.35. The van der Waals surface area contributed by atoms with Crippen LogP contribution in [0, 0.1) is 29.6 Å². The van der Waals surface area contributed by atoms with Gasteiger partial charge in [-0.25, -0.2) is 0 Å². The van der Waals surface area contributed by atoms with Crippen LogP contribution in [0.25, 0.3) is 0 Å². The summed E-state index contributed by atoms with van der Waals surface area (Å²) in [5.74, 6) is 4.22. The molecule has 4 atom stereocenters. The molecular weight excluding hydrogens is 258 g/mol. The molecule has 0 aromatic heterocycles. The van der Waals surface area contributed by atoms with Gasteiger partial charge in [0.25, 0.3) is 0 Å². The lowest BCUT2D eigenvalue weighted by Crippen LogP contribution is -2.35. The van der Waals surface area contributed by atoms with E-state index >= 15 is 0 Å². The summed E-state index contributed by atoms with van der Waals surface area (Å²) in [6.45, 7) is 8.90. The highest BCUT2D eigenvalue weighted by Crippen LogP contribution is 2.51. The van der Waals surface area contributed by atoms with Crippen molar-refractivity contribution >= 4 is 5.91 Å². The van der Waals surface area contributed by atoms with Crippen molar-refractivity contribution in [3.8, 4) is 0 Å². The van der Waals surface area contributed by atoms with E-state index in [2.05, 4.69) is 31.7 Å². The largest absolute Gasteiger partial charge is 0.342 e. The SMILES string of the molecule is CCCN(CC1CC1C1CC=C(C)CC1C)C(=O)C1CC1. The first-order valence-corrected chi connectivity index (χ1v) is 9.04. The smallest absolute Gasteiger partial charge is 0.225 e. The topological polar surface area (TPSA) is 20.3 Å². The average molecular weight is 289 g/mol. The maximum Gasteiger partial charge on any atom is 0.225 e. The minimum absolute atomic E-state index is 0.382. The Balaban J connectivity index is 1.53. The molecule has 0 aliphatic heterocycles. The van der Waals surface area contributed by atoms with Crippen molar-refractivity contribution in [1.29, 1.82) is 0 Å². The minimum atomic E-state index is 0.382. The molecule has 0 saturated heterocycles. The summed E-state index contributed by atoms with van der Waals surface area (Å²) in [4.78, 5) is 14.6. The van der Waals surface area contributed by atoms with Crippen LogP contribution >= 0.6 is 0 Å². The molecule has 21 heavy (non-hydrogen) atoms. The van der Waals surface area contributed by atoms with E-state index in [-0.39, 0.29) is 0 Å². The highest BCUT2D eigenvalue weighted by Gasteiger charge is 2.46. The van der Waals surface area contributed by atoms with Crippen molar-refractivity contribution in [2.75, 3.05) is 13.1 Å². The van der Waals surface area contributed by atoms with Crippen LogP contribution in [0.3, 0.4) is 0 Å². The third-order valence-corrected chi connectivity index (χ3v) is 5.83. The van der Waals surface area contributed by atoms with Gasteiger partial charge in [-0.2, -0.15) is 0 Å². The Labute approximate surface area is 130 Å². The monoisotopic (exact) mass is 289 g/mol. The summed E-state index contributed by atoms with van der Waals surface area (Å²) in [6.07, 6.45) is 9.75. The predicted molar refractivity (Wildman–Crippen MR) is 86.8 cm³/mol. The summed E-state index contributed by atoms with van der Waals surface area (Å²) in [7, 11) is 0. The van der Waals surface area contributed by atoms with E-state index in [9.17, 15) is 4.79 Å². The van der Waals surface area contributed by atoms with E-state index in [1.807, 2.05) is 0 Å². The Hall–Kier alpha value is -0.790. The van der Waals surface area contributed by atoms with Crippen molar-refractivity contribution in [2.45, 2.75) is 59.3 Å². The second kappa shape index (κ2) is 6.14. The van der Waals surface area contributed by atoms with Gasteiger partial charge in [0.1, 0.15) is 0 Å². The van der Waals surface area contributed by atoms with E-state index in [4.69, 9.17) is 0 Å². The zero-order chi connectivity index (χ0) is 15.0. The number of rotatable bonds is 6. The van der Waals surface area contributed by atoms with Crippen LogP contribution in [0.15, 0.2) is 11.6 Å². The second-order valence-corrected chi connectivity index (χ2v) is 7.85. The molecule has 0 aromatic carbocycles. The van der Waals surface area contributed by atoms with Crippen LogP contribution in [-0.2, 0) is 4.79 Å². The number of hydrogen-bond acceptors (Lipinski definition) is 1. The van der Waals surface area contributed by atoms with Gasteiger partial charge in [0, 0.05) is 19.0 Å². The lowest BCUT2D eigenvalue weighted by Gasteiger charge is -2.29. The van der Waals surface area contributed by atoms with Crippen LogP contribution in [0.4, 0.5) is 0 Å². The van der Waals surface area contributed by atoms with Crippen molar-refractivity contribution in [3.05, 3.63) is 11.6 Å². The summed E-state index contributed by atoms with van der Waals surface area (Å²) < 4.78 is 0. The van der Waals surface area contributed by atoms with Gasteiger partial charge in [-0.15, -0.1) is 0 Å². The van der Waals surface area contributed by atoms with Gasteiger partial charge in [-0.3, -0.25) is 4.79 Å². The minimum Gasteiger partial charge on any atom is -0.342 e. The molecule has 0 spiro atoms. The lowest BCUT2D eigenvalue weighted by molar-refractivity contribution is -0.132. The van der Waals surface area contributed by atoms with Gasteiger partial charge in [-0.1, -0.05) is 25.5 Å². The normalized spacial score (nSPS) is 35.3. The zero-order valence-corrected chi connectivity index (χ0v) is 14.0. The molecule has 2 nitrogen and oxygen atoms in total. The van der Waals surface area contributed by atoms with E-state index in [1.165, 1.54) is 19.3 Å². The van der Waals surface area contributed by atoms with E-state index in [0.717, 1.165) is 56.0 Å². The molecule has 118 valence electrons. The maximum absolute atomic E-state index is 12.4. The number of carbonyl (C=O) groups is 1. The first-order chi connectivity index (χ1) is 10.1. The molecule has 3 rings (SSSR count). The van der Waals surface area contributed by atoms with Gasteiger partial charge >= 0.3 is 0 Å². The fraction of sp³-hybridized carbons (Fsp3) is 0.842. The quantitative estimate of drug-likeness (QED) is 0.669. The van der Waals surface area contributed by atoms with Gasteiger partial charge < -0.3 is 4.90 Å². The number of allylic oxidation sites excluding steroid dienone is 2. The molecule has 0 bridgehead atoms. The third kappa shape index (κ3) is 3.52. The number of amides is 1. The summed E-state index contributed by atoms with van der Waals surface area (Å²) in [6, 6.07) is 0. The maximum atomic E-state index is 12.4. The zero-order valence-electron chi connectivity index (χ0n) is 14.0.